The molecule has 0 heterocycles. The summed E-state index contributed by atoms with van der Waals surface area (Å²) in [5.74, 6) is -1.87. The highest BCUT2D eigenvalue weighted by atomic mass is 19.1. The van der Waals surface area contributed by atoms with Gasteiger partial charge >= 0.3 is 5.97 Å². The van der Waals surface area contributed by atoms with Gasteiger partial charge in [-0.25, -0.2) is 9.18 Å². The Hall–Kier alpha value is -3.22. The van der Waals surface area contributed by atoms with Crippen LogP contribution in [0.2, 0.25) is 0 Å². The standard InChI is InChI=1S/C19H19FN2O4/c1-3-17(18(24)22-15-9-7-14(20)8-10-15)26-19(25)13-5-4-6-16(11-13)21-12(2)23/h4-11,17H,3H2,1-2H3,(H,21,23)(H,22,24)/t17-/m0/s1. The second-order valence-electron chi connectivity index (χ2n) is 5.56. The predicted molar refractivity (Wildman–Crippen MR) is 95.3 cm³/mol. The van der Waals surface area contributed by atoms with Gasteiger partial charge in [0.05, 0.1) is 5.56 Å². The van der Waals surface area contributed by atoms with Crippen LogP contribution in [-0.4, -0.2) is 23.9 Å². The van der Waals surface area contributed by atoms with Crippen molar-refractivity contribution in [3.63, 3.8) is 0 Å². The zero-order valence-corrected chi connectivity index (χ0v) is 14.4. The molecule has 136 valence electrons. The predicted octanol–water partition coefficient (Wildman–Crippen LogP) is 3.36. The molecule has 0 saturated carbocycles. The number of rotatable bonds is 6. The summed E-state index contributed by atoms with van der Waals surface area (Å²) >= 11 is 0. The van der Waals surface area contributed by atoms with Crippen LogP contribution in [0.5, 0.6) is 0 Å². The van der Waals surface area contributed by atoms with Crippen molar-refractivity contribution < 1.29 is 23.5 Å². The SMILES string of the molecule is CC[C@H](OC(=O)c1cccc(NC(C)=O)c1)C(=O)Nc1ccc(F)cc1. The highest BCUT2D eigenvalue weighted by Crippen LogP contribution is 2.15. The van der Waals surface area contributed by atoms with Gasteiger partial charge in [-0.1, -0.05) is 13.0 Å². The third-order valence-electron chi connectivity index (χ3n) is 3.44. The zero-order chi connectivity index (χ0) is 19.1. The van der Waals surface area contributed by atoms with E-state index < -0.39 is 23.8 Å². The van der Waals surface area contributed by atoms with E-state index in [-0.39, 0.29) is 17.9 Å². The number of halogens is 1. The average Bonchev–Trinajstić information content (AvgIpc) is 2.61. The molecule has 6 nitrogen and oxygen atoms in total. The molecule has 2 amide bonds. The fourth-order valence-electron chi connectivity index (χ4n) is 2.20. The summed E-state index contributed by atoms with van der Waals surface area (Å²) in [6, 6.07) is 11.5. The first-order valence-electron chi connectivity index (χ1n) is 8.04. The molecular weight excluding hydrogens is 339 g/mol. The van der Waals surface area contributed by atoms with Gasteiger partial charge in [0.2, 0.25) is 5.91 Å². The fourth-order valence-corrected chi connectivity index (χ4v) is 2.20. The molecule has 0 spiro atoms. The number of nitrogens with one attached hydrogen (secondary N) is 2. The number of amides is 2. The molecule has 1 atom stereocenters. The average molecular weight is 358 g/mol. The van der Waals surface area contributed by atoms with E-state index in [0.29, 0.717) is 11.4 Å². The molecule has 0 fully saturated rings. The van der Waals surface area contributed by atoms with E-state index in [1.54, 1.807) is 19.1 Å². The van der Waals surface area contributed by atoms with Crippen LogP contribution in [0.15, 0.2) is 48.5 Å². The van der Waals surface area contributed by atoms with Gasteiger partial charge < -0.3 is 15.4 Å². The lowest BCUT2D eigenvalue weighted by molar-refractivity contribution is -0.124. The summed E-state index contributed by atoms with van der Waals surface area (Å²) in [5.41, 5.74) is 1.07. The molecule has 2 N–H and O–H groups in total. The van der Waals surface area contributed by atoms with Gasteiger partial charge in [0, 0.05) is 18.3 Å². The van der Waals surface area contributed by atoms with E-state index >= 15 is 0 Å². The van der Waals surface area contributed by atoms with Crippen LogP contribution in [0.25, 0.3) is 0 Å². The molecule has 0 aliphatic rings. The Morgan fingerprint density at radius 1 is 1.04 bits per heavy atom. The van der Waals surface area contributed by atoms with Gasteiger partial charge in [0.15, 0.2) is 6.10 Å². The third kappa shape index (κ3) is 5.41. The molecule has 0 aromatic heterocycles. The molecule has 0 aliphatic heterocycles. The first-order chi connectivity index (χ1) is 12.4. The normalized spacial score (nSPS) is 11.3. The second kappa shape index (κ2) is 8.75. The number of carbonyl (C=O) groups is 3. The van der Waals surface area contributed by atoms with Crippen molar-refractivity contribution in [1.82, 2.24) is 0 Å². The lowest BCUT2D eigenvalue weighted by atomic mass is 10.2. The van der Waals surface area contributed by atoms with Crippen LogP contribution in [0.3, 0.4) is 0 Å². The number of benzene rings is 2. The minimum atomic E-state index is -1.00. The van der Waals surface area contributed by atoms with Gasteiger partial charge in [-0.3, -0.25) is 9.59 Å². The van der Waals surface area contributed by atoms with Gasteiger partial charge in [-0.2, -0.15) is 0 Å². The maximum Gasteiger partial charge on any atom is 0.338 e. The highest BCUT2D eigenvalue weighted by molar-refractivity contribution is 5.98. The molecule has 2 aromatic carbocycles. The van der Waals surface area contributed by atoms with E-state index in [1.165, 1.54) is 43.3 Å². The van der Waals surface area contributed by atoms with Crippen molar-refractivity contribution in [1.29, 1.82) is 0 Å². The van der Waals surface area contributed by atoms with Crippen LogP contribution in [0.4, 0.5) is 15.8 Å². The molecule has 0 bridgehead atoms. The van der Waals surface area contributed by atoms with E-state index in [0.717, 1.165) is 0 Å². The number of carbonyl (C=O) groups excluding carboxylic acids is 3. The summed E-state index contributed by atoms with van der Waals surface area (Å²) < 4.78 is 18.2. The van der Waals surface area contributed by atoms with E-state index in [2.05, 4.69) is 10.6 Å². The summed E-state index contributed by atoms with van der Waals surface area (Å²) in [4.78, 5) is 35.7. The van der Waals surface area contributed by atoms with Crippen molar-refractivity contribution in [2.75, 3.05) is 10.6 Å². The van der Waals surface area contributed by atoms with Crippen LogP contribution in [0, 0.1) is 5.82 Å². The Balaban J connectivity index is 2.04. The van der Waals surface area contributed by atoms with E-state index in [1.807, 2.05) is 0 Å². The minimum absolute atomic E-state index is 0.212. The zero-order valence-electron chi connectivity index (χ0n) is 14.4. The van der Waals surface area contributed by atoms with Gasteiger partial charge in [-0.15, -0.1) is 0 Å². The Morgan fingerprint density at radius 2 is 1.73 bits per heavy atom. The van der Waals surface area contributed by atoms with Crippen molar-refractivity contribution in [2.24, 2.45) is 0 Å². The lowest BCUT2D eigenvalue weighted by Crippen LogP contribution is -2.32. The number of ether oxygens (including phenoxy) is 1. The quantitative estimate of drug-likeness (QED) is 0.776. The summed E-state index contributed by atoms with van der Waals surface area (Å²) in [7, 11) is 0. The number of esters is 1. The third-order valence-corrected chi connectivity index (χ3v) is 3.44. The Bertz CT molecular complexity index is 805. The van der Waals surface area contributed by atoms with Gasteiger partial charge in [0.1, 0.15) is 5.82 Å². The largest absolute Gasteiger partial charge is 0.449 e. The monoisotopic (exact) mass is 358 g/mol. The van der Waals surface area contributed by atoms with Crippen molar-refractivity contribution >= 4 is 29.2 Å². The molecule has 26 heavy (non-hydrogen) atoms. The Labute approximate surface area is 150 Å². The first kappa shape index (κ1) is 19.1. The number of anilines is 2. The summed E-state index contributed by atoms with van der Waals surface area (Å²) in [6.45, 7) is 3.06. The topological polar surface area (TPSA) is 84.5 Å². The molecule has 7 heteroatoms. The molecule has 0 saturated heterocycles. The molecule has 2 rings (SSSR count). The minimum Gasteiger partial charge on any atom is -0.449 e. The van der Waals surface area contributed by atoms with Crippen LogP contribution in [0.1, 0.15) is 30.6 Å². The molecule has 0 unspecified atom stereocenters. The smallest absolute Gasteiger partial charge is 0.338 e. The van der Waals surface area contributed by atoms with Crippen LogP contribution < -0.4 is 10.6 Å². The van der Waals surface area contributed by atoms with E-state index in [9.17, 15) is 18.8 Å². The van der Waals surface area contributed by atoms with Crippen molar-refractivity contribution in [2.45, 2.75) is 26.4 Å². The first-order valence-corrected chi connectivity index (χ1v) is 8.04. The van der Waals surface area contributed by atoms with Crippen LogP contribution >= 0.6 is 0 Å². The fraction of sp³-hybridized carbons (Fsp3) is 0.211. The van der Waals surface area contributed by atoms with E-state index in [4.69, 9.17) is 4.74 Å². The maximum atomic E-state index is 12.9. The van der Waals surface area contributed by atoms with Gasteiger partial charge in [-0.05, 0) is 48.9 Å². The van der Waals surface area contributed by atoms with Gasteiger partial charge in [0.25, 0.3) is 5.91 Å². The van der Waals surface area contributed by atoms with Crippen LogP contribution in [-0.2, 0) is 14.3 Å². The molecule has 2 aromatic rings. The Morgan fingerprint density at radius 3 is 2.35 bits per heavy atom. The molecular formula is C19H19FN2O4. The second-order valence-corrected chi connectivity index (χ2v) is 5.56. The molecule has 0 aliphatic carbocycles. The number of hydrogen-bond donors (Lipinski definition) is 2. The summed E-state index contributed by atoms with van der Waals surface area (Å²) in [6.07, 6.45) is -0.735. The lowest BCUT2D eigenvalue weighted by Gasteiger charge is -2.16. The van der Waals surface area contributed by atoms with Crippen molar-refractivity contribution in [3.05, 3.63) is 59.9 Å². The van der Waals surface area contributed by atoms with Crippen molar-refractivity contribution in [3.8, 4) is 0 Å². The maximum absolute atomic E-state index is 12.9. The molecule has 0 radical (unpaired) electrons. The highest BCUT2D eigenvalue weighted by Gasteiger charge is 2.22. The Kier molecular flexibility index (Phi) is 6.43. The number of hydrogen-bond acceptors (Lipinski definition) is 4. The summed E-state index contributed by atoms with van der Waals surface area (Å²) in [5, 5.41) is 5.15.